The maximum atomic E-state index is 6.97. The Morgan fingerprint density at radius 1 is 0.351 bits per heavy atom. The van der Waals surface area contributed by atoms with Crippen molar-refractivity contribution < 1.29 is 8.83 Å². The molecule has 0 spiro atoms. The molecule has 57 heavy (non-hydrogen) atoms. The second-order valence-corrected chi connectivity index (χ2v) is 14.4. The molecule has 0 aliphatic carbocycles. The summed E-state index contributed by atoms with van der Waals surface area (Å²) in [5, 5.41) is 6.61. The summed E-state index contributed by atoms with van der Waals surface area (Å²) < 4.78 is 15.6. The largest absolute Gasteiger partial charge is 0.456 e. The number of aromatic nitrogens is 4. The standard InChI is InChI=1S/C51H30N4O2/c1-3-13-31(14-4-1)35-27-28-43(55-41-20-10-7-17-36(41)37-18-8-11-21-42(37)55)47-40-26-24-34(30-46(40)57-48(35)47)51-53-49(32-15-5-2-6-16-32)52-50(54-51)33-23-25-39-38-19-9-12-22-44(38)56-45(39)29-33/h1-30H. The fourth-order valence-corrected chi connectivity index (χ4v) is 8.43. The van der Waals surface area contributed by atoms with Crippen molar-refractivity contribution in [2.24, 2.45) is 0 Å². The van der Waals surface area contributed by atoms with Crippen LogP contribution in [0.25, 0.3) is 117 Å². The molecule has 266 valence electrons. The molecule has 6 heteroatoms. The molecule has 4 aromatic heterocycles. The summed E-state index contributed by atoms with van der Waals surface area (Å²) in [6, 6.07) is 62.7. The van der Waals surface area contributed by atoms with Gasteiger partial charge in [0.25, 0.3) is 0 Å². The van der Waals surface area contributed by atoms with Crippen LogP contribution < -0.4 is 0 Å². The third-order valence-corrected chi connectivity index (χ3v) is 11.1. The van der Waals surface area contributed by atoms with E-state index in [0.717, 1.165) is 88.4 Å². The van der Waals surface area contributed by atoms with Gasteiger partial charge in [0.15, 0.2) is 17.5 Å². The number of benzene rings is 8. The number of para-hydroxylation sites is 3. The van der Waals surface area contributed by atoms with Crippen LogP contribution >= 0.6 is 0 Å². The molecule has 12 rings (SSSR count). The van der Waals surface area contributed by atoms with E-state index in [0.29, 0.717) is 17.5 Å². The number of hydrogen-bond donors (Lipinski definition) is 0. The Labute approximate surface area is 325 Å². The highest BCUT2D eigenvalue weighted by Gasteiger charge is 2.22. The van der Waals surface area contributed by atoms with Gasteiger partial charge in [-0.15, -0.1) is 0 Å². The lowest BCUT2D eigenvalue weighted by Gasteiger charge is -2.12. The van der Waals surface area contributed by atoms with Crippen molar-refractivity contribution in [2.75, 3.05) is 0 Å². The fraction of sp³-hybridized carbons (Fsp3) is 0. The molecule has 12 aromatic rings. The predicted molar refractivity (Wildman–Crippen MR) is 230 cm³/mol. The molecule has 4 heterocycles. The van der Waals surface area contributed by atoms with Crippen molar-refractivity contribution in [1.82, 2.24) is 19.5 Å². The Kier molecular flexibility index (Phi) is 6.83. The lowest BCUT2D eigenvalue weighted by Crippen LogP contribution is -2.00. The summed E-state index contributed by atoms with van der Waals surface area (Å²) >= 11 is 0. The molecule has 0 saturated heterocycles. The minimum Gasteiger partial charge on any atom is -0.456 e. The number of rotatable bonds is 5. The van der Waals surface area contributed by atoms with Gasteiger partial charge in [0, 0.05) is 49.2 Å². The summed E-state index contributed by atoms with van der Waals surface area (Å²) in [7, 11) is 0. The van der Waals surface area contributed by atoms with Crippen LogP contribution in [0, 0.1) is 0 Å². The lowest BCUT2D eigenvalue weighted by molar-refractivity contribution is 0.669. The summed E-state index contributed by atoms with van der Waals surface area (Å²) in [5.74, 6) is 1.70. The molecule has 0 aliphatic heterocycles. The quantitative estimate of drug-likeness (QED) is 0.176. The second kappa shape index (κ2) is 12.3. The van der Waals surface area contributed by atoms with Gasteiger partial charge in [0.2, 0.25) is 0 Å². The van der Waals surface area contributed by atoms with Crippen LogP contribution in [0.1, 0.15) is 0 Å². The van der Waals surface area contributed by atoms with Crippen molar-refractivity contribution in [3.05, 3.63) is 182 Å². The van der Waals surface area contributed by atoms with Gasteiger partial charge in [-0.3, -0.25) is 0 Å². The third-order valence-electron chi connectivity index (χ3n) is 11.1. The maximum Gasteiger partial charge on any atom is 0.164 e. The Bertz CT molecular complexity index is 3470. The van der Waals surface area contributed by atoms with Gasteiger partial charge in [-0.05, 0) is 60.2 Å². The molecule has 0 radical (unpaired) electrons. The monoisotopic (exact) mass is 730 g/mol. The molecule has 0 unspecified atom stereocenters. The predicted octanol–water partition coefficient (Wildman–Crippen LogP) is 13.4. The summed E-state index contributed by atoms with van der Waals surface area (Å²) in [6.07, 6.45) is 0. The highest BCUT2D eigenvalue weighted by Crippen LogP contribution is 2.43. The highest BCUT2D eigenvalue weighted by molar-refractivity contribution is 6.17. The van der Waals surface area contributed by atoms with E-state index in [2.05, 4.69) is 126 Å². The van der Waals surface area contributed by atoms with E-state index in [1.54, 1.807) is 0 Å². The van der Waals surface area contributed by atoms with Gasteiger partial charge in [-0.25, -0.2) is 15.0 Å². The van der Waals surface area contributed by atoms with E-state index < -0.39 is 0 Å². The number of fused-ring (bicyclic) bond motifs is 9. The summed E-state index contributed by atoms with van der Waals surface area (Å²) in [4.78, 5) is 15.2. The normalized spacial score (nSPS) is 11.9. The molecule has 8 aromatic carbocycles. The first-order valence-corrected chi connectivity index (χ1v) is 19.0. The van der Waals surface area contributed by atoms with Crippen LogP contribution in [0.2, 0.25) is 0 Å². The average Bonchev–Trinajstić information content (AvgIpc) is 3.96. The molecule has 0 bridgehead atoms. The van der Waals surface area contributed by atoms with Crippen LogP contribution in [0.5, 0.6) is 0 Å². The van der Waals surface area contributed by atoms with Crippen LogP contribution in [0.15, 0.2) is 191 Å². The topological polar surface area (TPSA) is 69.9 Å². The first-order valence-electron chi connectivity index (χ1n) is 19.0. The highest BCUT2D eigenvalue weighted by atomic mass is 16.3. The molecule has 0 fully saturated rings. The molecule has 0 N–H and O–H groups in total. The molecule has 6 nitrogen and oxygen atoms in total. The van der Waals surface area contributed by atoms with Crippen molar-refractivity contribution >= 4 is 65.7 Å². The minimum atomic E-state index is 0.553. The molecular formula is C51H30N4O2. The first kappa shape index (κ1) is 31.5. The zero-order valence-electron chi connectivity index (χ0n) is 30.4. The second-order valence-electron chi connectivity index (χ2n) is 14.4. The SMILES string of the molecule is c1ccc(-c2nc(-c3ccc4c(c3)oc3ccccc34)nc(-c3ccc4c(c3)oc3c(-c5ccccc5)ccc(-n5c6ccccc6c6ccccc65)c34)n2)cc1. The van der Waals surface area contributed by atoms with Crippen molar-refractivity contribution in [1.29, 1.82) is 0 Å². The van der Waals surface area contributed by atoms with E-state index in [1.807, 2.05) is 60.7 Å². The number of furan rings is 2. The van der Waals surface area contributed by atoms with Gasteiger partial charge in [-0.1, -0.05) is 127 Å². The van der Waals surface area contributed by atoms with Crippen LogP contribution in [-0.4, -0.2) is 19.5 Å². The molecule has 0 amide bonds. The van der Waals surface area contributed by atoms with Gasteiger partial charge >= 0.3 is 0 Å². The van der Waals surface area contributed by atoms with Crippen LogP contribution in [0.3, 0.4) is 0 Å². The summed E-state index contributed by atoms with van der Waals surface area (Å²) in [5.41, 5.74) is 11.2. The molecule has 0 atom stereocenters. The first-order chi connectivity index (χ1) is 28.2. The Balaban J connectivity index is 1.08. The van der Waals surface area contributed by atoms with E-state index in [-0.39, 0.29) is 0 Å². The Morgan fingerprint density at radius 3 is 1.53 bits per heavy atom. The van der Waals surface area contributed by atoms with Gasteiger partial charge in [0.05, 0.1) is 22.1 Å². The van der Waals surface area contributed by atoms with E-state index in [1.165, 1.54) is 10.8 Å². The van der Waals surface area contributed by atoms with Crippen LogP contribution in [0.4, 0.5) is 0 Å². The van der Waals surface area contributed by atoms with Gasteiger partial charge < -0.3 is 13.4 Å². The van der Waals surface area contributed by atoms with E-state index >= 15 is 0 Å². The number of nitrogens with zero attached hydrogens (tertiary/aromatic N) is 4. The van der Waals surface area contributed by atoms with Crippen LogP contribution in [-0.2, 0) is 0 Å². The zero-order chi connectivity index (χ0) is 37.5. The van der Waals surface area contributed by atoms with Gasteiger partial charge in [0.1, 0.15) is 22.3 Å². The molecule has 0 saturated carbocycles. The third kappa shape index (κ3) is 4.94. The Hall–Kier alpha value is -7.83. The molecular weight excluding hydrogens is 701 g/mol. The number of hydrogen-bond acceptors (Lipinski definition) is 5. The Morgan fingerprint density at radius 2 is 0.860 bits per heavy atom. The molecule has 0 aliphatic rings. The van der Waals surface area contributed by atoms with Crippen molar-refractivity contribution in [3.8, 4) is 51.0 Å². The van der Waals surface area contributed by atoms with Gasteiger partial charge in [-0.2, -0.15) is 0 Å². The average molecular weight is 731 g/mol. The van der Waals surface area contributed by atoms with E-state index in [9.17, 15) is 0 Å². The smallest absolute Gasteiger partial charge is 0.164 e. The van der Waals surface area contributed by atoms with Crippen molar-refractivity contribution in [3.63, 3.8) is 0 Å². The maximum absolute atomic E-state index is 6.97. The minimum absolute atomic E-state index is 0.553. The lowest BCUT2D eigenvalue weighted by atomic mass is 10.0. The fourth-order valence-electron chi connectivity index (χ4n) is 8.43. The van der Waals surface area contributed by atoms with E-state index in [4.69, 9.17) is 23.8 Å². The summed E-state index contributed by atoms with van der Waals surface area (Å²) in [6.45, 7) is 0. The van der Waals surface area contributed by atoms with Crippen molar-refractivity contribution in [2.45, 2.75) is 0 Å². The zero-order valence-corrected chi connectivity index (χ0v) is 30.4.